The lowest BCUT2D eigenvalue weighted by Gasteiger charge is -2.24. The Balaban J connectivity index is 2.46. The number of ether oxygens (including phenoxy) is 1. The SMILES string of the molecule is OC1(S)C=Cc2ccccc2O1. The molecule has 1 aliphatic heterocycles. The third-order valence-corrected chi connectivity index (χ3v) is 1.90. The first-order valence-corrected chi connectivity index (χ1v) is 4.04. The topological polar surface area (TPSA) is 29.5 Å². The van der Waals surface area contributed by atoms with Crippen molar-refractivity contribution in [3.8, 4) is 5.75 Å². The zero-order valence-corrected chi connectivity index (χ0v) is 7.16. The molecule has 1 heterocycles. The van der Waals surface area contributed by atoms with Gasteiger partial charge < -0.3 is 9.84 Å². The van der Waals surface area contributed by atoms with Crippen molar-refractivity contribution in [2.45, 2.75) is 5.12 Å². The number of rotatable bonds is 0. The van der Waals surface area contributed by atoms with Crippen molar-refractivity contribution in [1.29, 1.82) is 0 Å². The molecule has 0 fully saturated rings. The van der Waals surface area contributed by atoms with Crippen LogP contribution in [0.2, 0.25) is 0 Å². The van der Waals surface area contributed by atoms with Crippen LogP contribution in [0.25, 0.3) is 6.08 Å². The Morgan fingerprint density at radius 1 is 1.33 bits per heavy atom. The van der Waals surface area contributed by atoms with E-state index in [-0.39, 0.29) is 0 Å². The minimum atomic E-state index is -1.46. The van der Waals surface area contributed by atoms with Gasteiger partial charge in [0.1, 0.15) is 5.75 Å². The van der Waals surface area contributed by atoms with Crippen molar-refractivity contribution in [2.75, 3.05) is 0 Å². The van der Waals surface area contributed by atoms with Gasteiger partial charge in [0.2, 0.25) is 0 Å². The molecular formula is C9H8O2S. The monoisotopic (exact) mass is 180 g/mol. The number of hydrogen-bond acceptors (Lipinski definition) is 3. The van der Waals surface area contributed by atoms with Crippen LogP contribution in [0.4, 0.5) is 0 Å². The van der Waals surface area contributed by atoms with Crippen molar-refractivity contribution in [1.82, 2.24) is 0 Å². The molecule has 2 rings (SSSR count). The van der Waals surface area contributed by atoms with Gasteiger partial charge in [0.25, 0.3) is 5.12 Å². The summed E-state index contributed by atoms with van der Waals surface area (Å²) in [4.78, 5) is 0. The summed E-state index contributed by atoms with van der Waals surface area (Å²) in [7, 11) is 0. The Bertz CT molecular complexity index is 331. The lowest BCUT2D eigenvalue weighted by Crippen LogP contribution is -2.28. The summed E-state index contributed by atoms with van der Waals surface area (Å²) in [6, 6.07) is 7.46. The van der Waals surface area contributed by atoms with Gasteiger partial charge in [0.15, 0.2) is 0 Å². The lowest BCUT2D eigenvalue weighted by molar-refractivity contribution is -0.00953. The van der Waals surface area contributed by atoms with Crippen molar-refractivity contribution >= 4 is 18.7 Å². The lowest BCUT2D eigenvalue weighted by atomic mass is 10.1. The molecule has 1 N–H and O–H groups in total. The van der Waals surface area contributed by atoms with E-state index < -0.39 is 5.12 Å². The molecule has 0 amide bonds. The highest BCUT2D eigenvalue weighted by Crippen LogP contribution is 2.30. The van der Waals surface area contributed by atoms with E-state index in [1.165, 1.54) is 6.08 Å². The fourth-order valence-electron chi connectivity index (χ4n) is 1.11. The molecule has 0 spiro atoms. The molecule has 0 radical (unpaired) electrons. The summed E-state index contributed by atoms with van der Waals surface area (Å²) in [5, 5.41) is 7.91. The van der Waals surface area contributed by atoms with Gasteiger partial charge >= 0.3 is 0 Å². The quantitative estimate of drug-likeness (QED) is 0.470. The van der Waals surface area contributed by atoms with Gasteiger partial charge in [-0.15, -0.1) is 0 Å². The first-order chi connectivity index (χ1) is 5.67. The Morgan fingerprint density at radius 2 is 2.08 bits per heavy atom. The molecule has 1 aliphatic rings. The van der Waals surface area contributed by atoms with Gasteiger partial charge in [-0.2, -0.15) is 0 Å². The first-order valence-electron chi connectivity index (χ1n) is 3.59. The van der Waals surface area contributed by atoms with Crippen LogP contribution in [-0.4, -0.2) is 10.2 Å². The second-order valence-corrected chi connectivity index (χ2v) is 3.27. The largest absolute Gasteiger partial charge is 0.449 e. The smallest absolute Gasteiger partial charge is 0.275 e. The van der Waals surface area contributed by atoms with E-state index in [1.54, 1.807) is 12.1 Å². The minimum absolute atomic E-state index is 0.650. The second kappa shape index (κ2) is 2.54. The molecule has 1 aromatic rings. The number of para-hydroxylation sites is 1. The van der Waals surface area contributed by atoms with E-state index in [4.69, 9.17) is 4.74 Å². The third-order valence-electron chi connectivity index (χ3n) is 1.66. The van der Waals surface area contributed by atoms with Crippen molar-refractivity contribution < 1.29 is 9.84 Å². The Labute approximate surface area is 75.9 Å². The van der Waals surface area contributed by atoms with Gasteiger partial charge in [-0.25, -0.2) is 0 Å². The maximum absolute atomic E-state index is 9.38. The van der Waals surface area contributed by atoms with Gasteiger partial charge in [0.05, 0.1) is 0 Å². The molecule has 0 saturated heterocycles. The Morgan fingerprint density at radius 3 is 2.92 bits per heavy atom. The molecule has 3 heteroatoms. The first kappa shape index (κ1) is 7.71. The van der Waals surface area contributed by atoms with Crippen LogP contribution >= 0.6 is 12.6 Å². The average Bonchev–Trinajstić information content (AvgIpc) is 2.02. The van der Waals surface area contributed by atoms with Gasteiger partial charge in [-0.3, -0.25) is 0 Å². The standard InChI is InChI=1S/C9H8O2S/c10-9(12)6-5-7-3-1-2-4-8(7)11-9/h1-6,10,12H. The summed E-state index contributed by atoms with van der Waals surface area (Å²) in [6.07, 6.45) is 3.28. The highest BCUT2D eigenvalue weighted by Gasteiger charge is 2.24. The van der Waals surface area contributed by atoms with Gasteiger partial charge in [-0.05, 0) is 18.2 Å². The molecule has 12 heavy (non-hydrogen) atoms. The Kier molecular flexibility index (Phi) is 1.63. The normalized spacial score (nSPS) is 26.2. The van der Waals surface area contributed by atoms with Crippen LogP contribution in [0.3, 0.4) is 0 Å². The molecule has 62 valence electrons. The van der Waals surface area contributed by atoms with Crippen molar-refractivity contribution in [3.63, 3.8) is 0 Å². The van der Waals surface area contributed by atoms with E-state index >= 15 is 0 Å². The molecule has 0 saturated carbocycles. The molecule has 2 nitrogen and oxygen atoms in total. The van der Waals surface area contributed by atoms with Crippen LogP contribution in [0.1, 0.15) is 5.56 Å². The minimum Gasteiger partial charge on any atom is -0.449 e. The number of thiol groups is 1. The van der Waals surface area contributed by atoms with Crippen LogP contribution in [0.15, 0.2) is 30.3 Å². The highest BCUT2D eigenvalue weighted by atomic mass is 32.1. The Hall–Kier alpha value is -0.930. The predicted molar refractivity (Wildman–Crippen MR) is 50.0 cm³/mol. The van der Waals surface area contributed by atoms with E-state index in [0.717, 1.165) is 5.56 Å². The highest BCUT2D eigenvalue weighted by molar-refractivity contribution is 7.81. The fraction of sp³-hybridized carbons (Fsp3) is 0.111. The number of fused-ring (bicyclic) bond motifs is 1. The molecule has 1 atom stereocenters. The molecule has 0 bridgehead atoms. The fourth-order valence-corrected chi connectivity index (χ4v) is 1.28. The summed E-state index contributed by atoms with van der Waals surface area (Å²) >= 11 is 3.89. The molecule has 0 aliphatic carbocycles. The maximum atomic E-state index is 9.38. The molecule has 1 aromatic carbocycles. The maximum Gasteiger partial charge on any atom is 0.275 e. The summed E-state index contributed by atoms with van der Waals surface area (Å²) in [6.45, 7) is 0. The zero-order chi connectivity index (χ0) is 8.60. The average molecular weight is 180 g/mol. The van der Waals surface area contributed by atoms with Crippen LogP contribution < -0.4 is 4.74 Å². The van der Waals surface area contributed by atoms with Crippen LogP contribution in [0, 0.1) is 0 Å². The van der Waals surface area contributed by atoms with Gasteiger partial charge in [-0.1, -0.05) is 30.8 Å². The van der Waals surface area contributed by atoms with Crippen molar-refractivity contribution in [2.24, 2.45) is 0 Å². The predicted octanol–water partition coefficient (Wildman–Crippen LogP) is 1.67. The molecular weight excluding hydrogens is 172 g/mol. The third kappa shape index (κ3) is 1.33. The number of benzene rings is 1. The van der Waals surface area contributed by atoms with Crippen molar-refractivity contribution in [3.05, 3.63) is 35.9 Å². The van der Waals surface area contributed by atoms with E-state index in [9.17, 15) is 5.11 Å². The number of hydrogen-bond donors (Lipinski definition) is 2. The zero-order valence-electron chi connectivity index (χ0n) is 6.27. The summed E-state index contributed by atoms with van der Waals surface area (Å²) in [5.74, 6) is 0.650. The van der Waals surface area contributed by atoms with Crippen LogP contribution in [-0.2, 0) is 0 Å². The molecule has 0 aromatic heterocycles. The van der Waals surface area contributed by atoms with Gasteiger partial charge in [0, 0.05) is 5.56 Å². The summed E-state index contributed by atoms with van der Waals surface area (Å²) < 4.78 is 5.15. The van der Waals surface area contributed by atoms with E-state index in [1.807, 2.05) is 18.2 Å². The number of aliphatic hydroxyl groups is 1. The molecule has 1 unspecified atom stereocenters. The second-order valence-electron chi connectivity index (χ2n) is 2.63. The van der Waals surface area contributed by atoms with E-state index in [0.29, 0.717) is 5.75 Å². The summed E-state index contributed by atoms with van der Waals surface area (Å²) in [5.41, 5.74) is 0.955. The van der Waals surface area contributed by atoms with Crippen LogP contribution in [0.5, 0.6) is 5.75 Å². The van der Waals surface area contributed by atoms with E-state index in [2.05, 4.69) is 12.6 Å².